The number of amides is 1. The lowest BCUT2D eigenvalue weighted by Gasteiger charge is -2.26. The van der Waals surface area contributed by atoms with E-state index < -0.39 is 0 Å². The van der Waals surface area contributed by atoms with Gasteiger partial charge in [-0.05, 0) is 39.7 Å². The lowest BCUT2D eigenvalue weighted by atomic mass is 10.2. The van der Waals surface area contributed by atoms with E-state index in [1.807, 2.05) is 0 Å². The van der Waals surface area contributed by atoms with E-state index >= 15 is 0 Å². The van der Waals surface area contributed by atoms with E-state index in [0.29, 0.717) is 25.2 Å². The van der Waals surface area contributed by atoms with E-state index in [-0.39, 0.29) is 5.91 Å². The van der Waals surface area contributed by atoms with Gasteiger partial charge in [-0.15, -0.1) is 0 Å². The second kappa shape index (κ2) is 7.67. The second-order valence-electron chi connectivity index (χ2n) is 5.26. The van der Waals surface area contributed by atoms with E-state index in [2.05, 4.69) is 24.1 Å². The van der Waals surface area contributed by atoms with Crippen molar-refractivity contribution in [3.63, 3.8) is 0 Å². The van der Waals surface area contributed by atoms with E-state index in [1.165, 1.54) is 12.8 Å². The summed E-state index contributed by atoms with van der Waals surface area (Å²) in [4.78, 5) is 14.1. The third-order valence-electron chi connectivity index (χ3n) is 3.45. The predicted molar refractivity (Wildman–Crippen MR) is 70.8 cm³/mol. The molecule has 1 fully saturated rings. The molecule has 1 aliphatic rings. The molecule has 0 aliphatic heterocycles. The third-order valence-corrected chi connectivity index (χ3v) is 3.45. The minimum atomic E-state index is 0.169. The summed E-state index contributed by atoms with van der Waals surface area (Å²) in [5, 5.41) is 3.13. The van der Waals surface area contributed by atoms with Crippen molar-refractivity contribution in [1.29, 1.82) is 0 Å². The van der Waals surface area contributed by atoms with Crippen LogP contribution in [0.4, 0.5) is 0 Å². The highest BCUT2D eigenvalue weighted by atomic mass is 16.2. The molecule has 4 heteroatoms. The van der Waals surface area contributed by atoms with Crippen molar-refractivity contribution in [2.24, 2.45) is 5.73 Å². The Hall–Kier alpha value is -0.610. The molecule has 0 aromatic rings. The van der Waals surface area contributed by atoms with Gasteiger partial charge in [0.25, 0.3) is 0 Å². The average Bonchev–Trinajstić information content (AvgIpc) is 2.76. The summed E-state index contributed by atoms with van der Waals surface area (Å²) in [7, 11) is 0. The van der Waals surface area contributed by atoms with Crippen molar-refractivity contribution < 1.29 is 4.79 Å². The number of carbonyl (C=O) groups is 1. The van der Waals surface area contributed by atoms with Crippen molar-refractivity contribution in [2.45, 2.75) is 58.0 Å². The van der Waals surface area contributed by atoms with Crippen LogP contribution in [0.2, 0.25) is 0 Å². The lowest BCUT2D eigenvalue weighted by Crippen LogP contribution is -2.44. The fraction of sp³-hybridized carbons (Fsp3) is 0.923. The molecule has 100 valence electrons. The van der Waals surface area contributed by atoms with Gasteiger partial charge in [-0.1, -0.05) is 12.8 Å². The topological polar surface area (TPSA) is 58.4 Å². The summed E-state index contributed by atoms with van der Waals surface area (Å²) in [5.74, 6) is 0.169. The Kier molecular flexibility index (Phi) is 6.52. The Bertz CT molecular complexity index is 225. The van der Waals surface area contributed by atoms with Crippen LogP contribution >= 0.6 is 0 Å². The molecule has 4 nitrogen and oxygen atoms in total. The van der Waals surface area contributed by atoms with Crippen LogP contribution in [0.3, 0.4) is 0 Å². The SMILES string of the molecule is CC(C)N(CCCN)CC(=O)NC1CCCC1. The Morgan fingerprint density at radius 3 is 2.59 bits per heavy atom. The Labute approximate surface area is 105 Å². The fourth-order valence-corrected chi connectivity index (χ4v) is 2.34. The summed E-state index contributed by atoms with van der Waals surface area (Å²) < 4.78 is 0. The Balaban J connectivity index is 2.29. The molecule has 17 heavy (non-hydrogen) atoms. The average molecular weight is 241 g/mol. The van der Waals surface area contributed by atoms with E-state index in [4.69, 9.17) is 5.73 Å². The molecule has 0 radical (unpaired) electrons. The molecule has 0 saturated heterocycles. The first-order valence-electron chi connectivity index (χ1n) is 6.87. The highest BCUT2D eigenvalue weighted by Gasteiger charge is 2.19. The zero-order valence-electron chi connectivity index (χ0n) is 11.2. The number of hydrogen-bond donors (Lipinski definition) is 2. The van der Waals surface area contributed by atoms with Crippen LogP contribution in [0.5, 0.6) is 0 Å². The molecule has 0 bridgehead atoms. The van der Waals surface area contributed by atoms with Crippen molar-refractivity contribution in [3.05, 3.63) is 0 Å². The van der Waals surface area contributed by atoms with Crippen LogP contribution in [0.15, 0.2) is 0 Å². The quantitative estimate of drug-likeness (QED) is 0.702. The Morgan fingerprint density at radius 1 is 1.41 bits per heavy atom. The van der Waals surface area contributed by atoms with Crippen LogP contribution < -0.4 is 11.1 Å². The summed E-state index contributed by atoms with van der Waals surface area (Å²) in [6, 6.07) is 0.821. The number of hydrogen-bond acceptors (Lipinski definition) is 3. The molecule has 1 amide bonds. The highest BCUT2D eigenvalue weighted by molar-refractivity contribution is 5.78. The molecule has 0 atom stereocenters. The third kappa shape index (κ3) is 5.50. The minimum Gasteiger partial charge on any atom is -0.352 e. The monoisotopic (exact) mass is 241 g/mol. The standard InChI is InChI=1S/C13H27N3O/c1-11(2)16(9-5-8-14)10-13(17)15-12-6-3-4-7-12/h11-12H,3-10,14H2,1-2H3,(H,15,17). The molecule has 0 aromatic heterocycles. The predicted octanol–water partition coefficient (Wildman–Crippen LogP) is 1.10. The molecule has 0 unspecified atom stereocenters. The Morgan fingerprint density at radius 2 is 2.06 bits per heavy atom. The maximum Gasteiger partial charge on any atom is 0.234 e. The highest BCUT2D eigenvalue weighted by Crippen LogP contribution is 2.17. The van der Waals surface area contributed by atoms with Gasteiger partial charge in [0.05, 0.1) is 6.54 Å². The van der Waals surface area contributed by atoms with Crippen LogP contribution in [0.25, 0.3) is 0 Å². The van der Waals surface area contributed by atoms with Crippen molar-refractivity contribution in [2.75, 3.05) is 19.6 Å². The number of nitrogens with two attached hydrogens (primary N) is 1. The van der Waals surface area contributed by atoms with E-state index in [0.717, 1.165) is 25.8 Å². The maximum atomic E-state index is 11.9. The number of nitrogens with zero attached hydrogens (tertiary/aromatic N) is 1. The van der Waals surface area contributed by atoms with Gasteiger partial charge in [-0.2, -0.15) is 0 Å². The molecule has 0 heterocycles. The zero-order chi connectivity index (χ0) is 12.7. The van der Waals surface area contributed by atoms with Crippen LogP contribution in [-0.2, 0) is 4.79 Å². The zero-order valence-corrected chi connectivity index (χ0v) is 11.2. The molecular weight excluding hydrogens is 214 g/mol. The molecule has 3 N–H and O–H groups in total. The van der Waals surface area contributed by atoms with Crippen LogP contribution in [-0.4, -0.2) is 42.5 Å². The van der Waals surface area contributed by atoms with Gasteiger partial charge in [0.2, 0.25) is 5.91 Å². The smallest absolute Gasteiger partial charge is 0.234 e. The molecule has 1 saturated carbocycles. The van der Waals surface area contributed by atoms with Gasteiger partial charge in [-0.3, -0.25) is 9.69 Å². The number of carbonyl (C=O) groups excluding carboxylic acids is 1. The molecule has 0 aromatic carbocycles. The van der Waals surface area contributed by atoms with Crippen molar-refractivity contribution in [3.8, 4) is 0 Å². The minimum absolute atomic E-state index is 0.169. The summed E-state index contributed by atoms with van der Waals surface area (Å²) in [5.41, 5.74) is 5.51. The van der Waals surface area contributed by atoms with Crippen molar-refractivity contribution >= 4 is 5.91 Å². The van der Waals surface area contributed by atoms with Gasteiger partial charge >= 0.3 is 0 Å². The van der Waals surface area contributed by atoms with Crippen molar-refractivity contribution in [1.82, 2.24) is 10.2 Å². The molecule has 0 spiro atoms. The van der Waals surface area contributed by atoms with Crippen LogP contribution in [0.1, 0.15) is 46.0 Å². The van der Waals surface area contributed by atoms with Gasteiger partial charge in [0, 0.05) is 18.6 Å². The summed E-state index contributed by atoms with van der Waals surface area (Å²) in [6.07, 6.45) is 5.76. The molecule has 1 rings (SSSR count). The van der Waals surface area contributed by atoms with Gasteiger partial charge in [-0.25, -0.2) is 0 Å². The van der Waals surface area contributed by atoms with Gasteiger partial charge in [0.15, 0.2) is 0 Å². The van der Waals surface area contributed by atoms with E-state index in [1.54, 1.807) is 0 Å². The van der Waals surface area contributed by atoms with Crippen LogP contribution in [0, 0.1) is 0 Å². The maximum absolute atomic E-state index is 11.9. The lowest BCUT2D eigenvalue weighted by molar-refractivity contribution is -0.123. The summed E-state index contributed by atoms with van der Waals surface area (Å²) >= 11 is 0. The second-order valence-corrected chi connectivity index (χ2v) is 5.26. The largest absolute Gasteiger partial charge is 0.352 e. The number of nitrogens with one attached hydrogen (secondary N) is 1. The fourth-order valence-electron chi connectivity index (χ4n) is 2.34. The number of rotatable bonds is 7. The first-order chi connectivity index (χ1) is 8.13. The summed E-state index contributed by atoms with van der Waals surface area (Å²) in [6.45, 7) is 6.35. The first-order valence-corrected chi connectivity index (χ1v) is 6.87. The first kappa shape index (κ1) is 14.5. The molecule has 1 aliphatic carbocycles. The van der Waals surface area contributed by atoms with Gasteiger partial charge < -0.3 is 11.1 Å². The molecular formula is C13H27N3O. The van der Waals surface area contributed by atoms with E-state index in [9.17, 15) is 4.79 Å². The van der Waals surface area contributed by atoms with Gasteiger partial charge in [0.1, 0.15) is 0 Å². The normalized spacial score (nSPS) is 17.0.